The highest BCUT2D eigenvalue weighted by molar-refractivity contribution is 8.54. The normalized spacial score (nSPS) is 13.2. The van der Waals surface area contributed by atoms with E-state index in [2.05, 4.69) is 20.8 Å². The monoisotopic (exact) mass is 222 g/mol. The highest BCUT2D eigenvalue weighted by atomic mass is 32.7. The molecule has 1 atom stereocenters. The van der Waals surface area contributed by atoms with Crippen LogP contribution in [0.3, 0.4) is 0 Å². The first kappa shape index (κ1) is 13.7. The molecule has 0 heterocycles. The molecule has 0 aliphatic carbocycles. The maximum atomic E-state index is 5.81. The van der Waals surface area contributed by atoms with Gasteiger partial charge in [-0.05, 0) is 24.8 Å². The van der Waals surface area contributed by atoms with Gasteiger partial charge in [0.2, 0.25) is 0 Å². The summed E-state index contributed by atoms with van der Waals surface area (Å²) >= 11 is 2.04. The summed E-state index contributed by atoms with van der Waals surface area (Å²) in [6, 6.07) is 0. The molecule has 0 N–H and O–H groups in total. The fourth-order valence-electron chi connectivity index (χ4n) is 0.841. The van der Waals surface area contributed by atoms with Crippen LogP contribution in [0.4, 0.5) is 0 Å². The number of rotatable bonds is 9. The Morgan fingerprint density at radius 1 is 1.08 bits per heavy atom. The Kier molecular flexibility index (Phi) is 11.4. The maximum Gasteiger partial charge on any atom is 0.0884 e. The zero-order valence-electron chi connectivity index (χ0n) is 9.21. The van der Waals surface area contributed by atoms with E-state index in [0.717, 1.165) is 6.61 Å². The van der Waals surface area contributed by atoms with E-state index in [9.17, 15) is 0 Å². The molecule has 0 saturated heterocycles. The molecule has 0 aromatic heterocycles. The Hall–Kier alpha value is 0.740. The van der Waals surface area contributed by atoms with Crippen molar-refractivity contribution in [2.75, 3.05) is 18.5 Å². The molecule has 0 rings (SSSR count). The smallest absolute Gasteiger partial charge is 0.0884 e. The molecule has 3 heteroatoms. The van der Waals surface area contributed by atoms with Crippen molar-refractivity contribution >= 4 is 18.7 Å². The first-order chi connectivity index (χ1) is 6.35. The predicted octanol–water partition coefficient (Wildman–Crippen LogP) is 4.67. The summed E-state index contributed by atoms with van der Waals surface area (Å²) in [5.41, 5.74) is 0. The van der Waals surface area contributed by atoms with E-state index < -0.39 is 0 Å². The molecule has 0 radical (unpaired) electrons. The van der Waals surface area contributed by atoms with Gasteiger partial charge in [0.1, 0.15) is 0 Å². The molecule has 0 bridgehead atoms. The molecule has 0 aromatic rings. The summed E-state index contributed by atoms with van der Waals surface area (Å²) in [6.45, 7) is 7.65. The molecular formula is C10H23OPS. The summed E-state index contributed by atoms with van der Waals surface area (Å²) in [5, 5.41) is 0. The number of hydrogen-bond acceptors (Lipinski definition) is 2. The van der Waals surface area contributed by atoms with E-state index in [1.54, 1.807) is 0 Å². The van der Waals surface area contributed by atoms with E-state index in [-0.39, 0.29) is 7.35 Å². The minimum atomic E-state index is -0.165. The molecule has 1 nitrogen and oxygen atoms in total. The lowest BCUT2D eigenvalue weighted by atomic mass is 10.4. The molecule has 0 saturated carbocycles. The van der Waals surface area contributed by atoms with Crippen LogP contribution in [0.2, 0.25) is 0 Å². The molecule has 13 heavy (non-hydrogen) atoms. The Labute approximate surface area is 88.6 Å². The zero-order chi connectivity index (χ0) is 9.94. The number of hydrogen-bond donors (Lipinski definition) is 0. The van der Waals surface area contributed by atoms with Crippen molar-refractivity contribution in [3.8, 4) is 0 Å². The minimum absolute atomic E-state index is 0.165. The van der Waals surface area contributed by atoms with Crippen molar-refractivity contribution in [1.82, 2.24) is 0 Å². The van der Waals surface area contributed by atoms with Gasteiger partial charge < -0.3 is 4.52 Å². The lowest BCUT2D eigenvalue weighted by Crippen LogP contribution is -1.89. The van der Waals surface area contributed by atoms with E-state index in [1.165, 1.54) is 37.6 Å². The maximum absolute atomic E-state index is 5.81. The van der Waals surface area contributed by atoms with Crippen LogP contribution in [0.25, 0.3) is 0 Å². The average molecular weight is 222 g/mol. The molecule has 0 spiro atoms. The van der Waals surface area contributed by atoms with Gasteiger partial charge in [0.15, 0.2) is 0 Å². The topological polar surface area (TPSA) is 9.23 Å². The molecule has 0 amide bonds. The Balaban J connectivity index is 3.28. The van der Waals surface area contributed by atoms with E-state index in [4.69, 9.17) is 4.52 Å². The van der Waals surface area contributed by atoms with Crippen molar-refractivity contribution < 1.29 is 4.52 Å². The summed E-state index contributed by atoms with van der Waals surface area (Å²) in [5.74, 6) is 1.28. The first-order valence-electron chi connectivity index (χ1n) is 5.38. The summed E-state index contributed by atoms with van der Waals surface area (Å²) in [4.78, 5) is 0. The van der Waals surface area contributed by atoms with Crippen LogP contribution in [0.1, 0.15) is 46.5 Å². The highest BCUT2D eigenvalue weighted by Crippen LogP contribution is 2.50. The molecule has 0 fully saturated rings. The van der Waals surface area contributed by atoms with Gasteiger partial charge in [0.05, 0.1) is 14.0 Å². The second kappa shape index (κ2) is 10.8. The number of unbranched alkanes of at least 4 members (excludes halogenated alkanes) is 2. The fourth-order valence-corrected chi connectivity index (χ4v) is 4.23. The van der Waals surface area contributed by atoms with Crippen molar-refractivity contribution in [3.05, 3.63) is 0 Å². The molecule has 80 valence electrons. The molecular weight excluding hydrogens is 199 g/mol. The highest BCUT2D eigenvalue weighted by Gasteiger charge is 2.05. The third-order valence-corrected chi connectivity index (χ3v) is 5.97. The quantitative estimate of drug-likeness (QED) is 0.414. The van der Waals surface area contributed by atoms with Crippen LogP contribution >= 0.6 is 18.7 Å². The van der Waals surface area contributed by atoms with E-state index in [0.29, 0.717) is 0 Å². The summed E-state index contributed by atoms with van der Waals surface area (Å²) < 4.78 is 5.81. The van der Waals surface area contributed by atoms with Crippen LogP contribution in [0, 0.1) is 0 Å². The SMILES string of the molecule is CCCCOP(CC)SCCCC. The van der Waals surface area contributed by atoms with Crippen LogP contribution in [0.5, 0.6) is 0 Å². The first-order valence-corrected chi connectivity index (χ1v) is 8.42. The predicted molar refractivity (Wildman–Crippen MR) is 65.7 cm³/mol. The second-order valence-electron chi connectivity index (χ2n) is 3.02. The second-order valence-corrected chi connectivity index (χ2v) is 7.24. The Morgan fingerprint density at radius 2 is 1.77 bits per heavy atom. The van der Waals surface area contributed by atoms with Gasteiger partial charge in [-0.2, -0.15) is 0 Å². The van der Waals surface area contributed by atoms with E-state index >= 15 is 0 Å². The molecule has 0 aliphatic rings. The van der Waals surface area contributed by atoms with Crippen molar-refractivity contribution in [3.63, 3.8) is 0 Å². The van der Waals surface area contributed by atoms with E-state index in [1.807, 2.05) is 11.4 Å². The van der Waals surface area contributed by atoms with Crippen LogP contribution in [-0.2, 0) is 4.52 Å². The van der Waals surface area contributed by atoms with Gasteiger partial charge in [-0.25, -0.2) is 0 Å². The lowest BCUT2D eigenvalue weighted by molar-refractivity contribution is 0.349. The molecule has 1 unspecified atom stereocenters. The largest absolute Gasteiger partial charge is 0.348 e. The Bertz CT molecular complexity index is 90.9. The van der Waals surface area contributed by atoms with Crippen molar-refractivity contribution in [2.24, 2.45) is 0 Å². The van der Waals surface area contributed by atoms with Gasteiger partial charge in [-0.15, -0.1) is 11.4 Å². The third-order valence-electron chi connectivity index (χ3n) is 1.72. The third kappa shape index (κ3) is 9.05. The zero-order valence-corrected chi connectivity index (χ0v) is 10.9. The van der Waals surface area contributed by atoms with Crippen molar-refractivity contribution in [1.29, 1.82) is 0 Å². The molecule has 0 aromatic carbocycles. The van der Waals surface area contributed by atoms with Crippen LogP contribution in [0.15, 0.2) is 0 Å². The standard InChI is InChI=1S/C10H23OPS/c1-4-7-9-11-12(6-3)13-10-8-5-2/h4-10H2,1-3H3. The Morgan fingerprint density at radius 3 is 2.31 bits per heavy atom. The fraction of sp³-hybridized carbons (Fsp3) is 1.00. The van der Waals surface area contributed by atoms with Gasteiger partial charge in [-0.3, -0.25) is 0 Å². The lowest BCUT2D eigenvalue weighted by Gasteiger charge is -2.14. The van der Waals surface area contributed by atoms with Crippen LogP contribution < -0.4 is 0 Å². The average Bonchev–Trinajstić information content (AvgIpc) is 2.16. The van der Waals surface area contributed by atoms with Gasteiger partial charge in [0, 0.05) is 0 Å². The molecule has 0 aliphatic heterocycles. The van der Waals surface area contributed by atoms with Gasteiger partial charge in [0.25, 0.3) is 0 Å². The van der Waals surface area contributed by atoms with Crippen LogP contribution in [-0.4, -0.2) is 18.5 Å². The van der Waals surface area contributed by atoms with Gasteiger partial charge in [-0.1, -0.05) is 33.6 Å². The minimum Gasteiger partial charge on any atom is -0.348 e. The van der Waals surface area contributed by atoms with Crippen molar-refractivity contribution in [2.45, 2.75) is 46.5 Å². The summed E-state index contributed by atoms with van der Waals surface area (Å²) in [6.07, 6.45) is 6.29. The summed E-state index contributed by atoms with van der Waals surface area (Å²) in [7, 11) is -0.165. The van der Waals surface area contributed by atoms with Gasteiger partial charge >= 0.3 is 0 Å².